The molecule has 2 fully saturated rings. The van der Waals surface area contributed by atoms with Gasteiger partial charge in [0.25, 0.3) is 0 Å². The zero-order chi connectivity index (χ0) is 32.9. The molecule has 0 radical (unpaired) electrons. The lowest BCUT2D eigenvalue weighted by atomic mass is 9.98. The summed E-state index contributed by atoms with van der Waals surface area (Å²) >= 11 is 3.40. The normalized spacial score (nSPS) is 20.3. The van der Waals surface area contributed by atoms with Gasteiger partial charge >= 0.3 is 0 Å². The van der Waals surface area contributed by atoms with E-state index in [-0.39, 0.29) is 35.6 Å². The molecule has 0 unspecified atom stereocenters. The van der Waals surface area contributed by atoms with Crippen LogP contribution in [0.15, 0.2) is 41.3 Å². The number of fused-ring (bicyclic) bond motifs is 2. The summed E-state index contributed by atoms with van der Waals surface area (Å²) in [5.41, 5.74) is 4.28. The number of hydrogen-bond acceptors (Lipinski definition) is 8. The molecular formula is C34H39BrN8O3. The second kappa shape index (κ2) is 12.3. The van der Waals surface area contributed by atoms with Crippen molar-refractivity contribution >= 4 is 50.2 Å². The lowest BCUT2D eigenvalue weighted by molar-refractivity contribution is -0.138. The molecule has 1 N–H and O–H groups in total. The maximum atomic E-state index is 14.3. The number of hydrogen-bond donors (Lipinski definition) is 1. The molecule has 1 saturated heterocycles. The molecule has 1 aliphatic carbocycles. The van der Waals surface area contributed by atoms with Crippen LogP contribution in [0, 0.1) is 26.2 Å². The Morgan fingerprint density at radius 3 is 2.41 bits per heavy atom. The third-order valence-electron chi connectivity index (χ3n) is 9.51. The van der Waals surface area contributed by atoms with E-state index in [2.05, 4.69) is 60.0 Å². The van der Waals surface area contributed by atoms with Gasteiger partial charge in [0.1, 0.15) is 34.5 Å². The summed E-state index contributed by atoms with van der Waals surface area (Å²) < 4.78 is 2.25. The fourth-order valence-corrected chi connectivity index (χ4v) is 7.29. The van der Waals surface area contributed by atoms with Crippen LogP contribution < -0.4 is 5.32 Å². The molecule has 1 saturated carbocycles. The first kappa shape index (κ1) is 31.9. The van der Waals surface area contributed by atoms with Crippen molar-refractivity contribution in [1.82, 2.24) is 34.5 Å². The zero-order valence-corrected chi connectivity index (χ0v) is 28.7. The minimum Gasteiger partial charge on any atom is -0.325 e. The van der Waals surface area contributed by atoms with E-state index in [9.17, 15) is 14.4 Å². The molecule has 46 heavy (non-hydrogen) atoms. The molecule has 1 aliphatic heterocycles. The van der Waals surface area contributed by atoms with Gasteiger partial charge in [-0.2, -0.15) is 5.10 Å². The van der Waals surface area contributed by atoms with E-state index in [1.165, 1.54) is 6.92 Å². The van der Waals surface area contributed by atoms with Gasteiger partial charge in [0, 0.05) is 48.3 Å². The molecule has 2 amide bonds. The highest BCUT2D eigenvalue weighted by atomic mass is 79.9. The first-order chi connectivity index (χ1) is 21.9. The molecule has 4 heterocycles. The third kappa shape index (κ3) is 5.84. The minimum absolute atomic E-state index is 0.0451. The van der Waals surface area contributed by atoms with E-state index in [0.717, 1.165) is 53.8 Å². The van der Waals surface area contributed by atoms with Crippen molar-refractivity contribution in [3.8, 4) is 11.1 Å². The highest BCUT2D eigenvalue weighted by Gasteiger charge is 2.67. The number of pyridine rings is 1. The van der Waals surface area contributed by atoms with Gasteiger partial charge < -0.3 is 15.1 Å². The fourth-order valence-electron chi connectivity index (χ4n) is 6.98. The highest BCUT2D eigenvalue weighted by Crippen LogP contribution is 2.60. The second-order valence-electron chi connectivity index (χ2n) is 12.6. The summed E-state index contributed by atoms with van der Waals surface area (Å²) in [6, 6.07) is 6.93. The summed E-state index contributed by atoms with van der Waals surface area (Å²) in [7, 11) is 0. The van der Waals surface area contributed by atoms with Gasteiger partial charge in [-0.3, -0.25) is 19.1 Å². The summed E-state index contributed by atoms with van der Waals surface area (Å²) in [6.07, 6.45) is 4.95. The fraction of sp³-hybridized carbons (Fsp3) is 0.441. The van der Waals surface area contributed by atoms with Crippen LogP contribution in [0.25, 0.3) is 22.0 Å². The average molecular weight is 688 g/mol. The molecule has 2 aliphatic rings. The van der Waals surface area contributed by atoms with E-state index in [1.54, 1.807) is 22.0 Å². The van der Waals surface area contributed by atoms with Gasteiger partial charge in [0.15, 0.2) is 5.78 Å². The van der Waals surface area contributed by atoms with Gasteiger partial charge in [-0.25, -0.2) is 15.0 Å². The van der Waals surface area contributed by atoms with E-state index in [1.807, 2.05) is 45.0 Å². The number of nitrogens with zero attached hydrogens (tertiary/aromatic N) is 7. The van der Waals surface area contributed by atoms with Gasteiger partial charge in [0.05, 0.1) is 5.52 Å². The molecule has 0 spiro atoms. The zero-order valence-electron chi connectivity index (χ0n) is 27.1. The molecule has 12 heteroatoms. The van der Waals surface area contributed by atoms with Crippen LogP contribution in [-0.4, -0.2) is 83.8 Å². The van der Waals surface area contributed by atoms with Crippen LogP contribution in [0.5, 0.6) is 0 Å². The Morgan fingerprint density at radius 1 is 1.02 bits per heavy atom. The average Bonchev–Trinajstić information content (AvgIpc) is 3.41. The minimum atomic E-state index is -0.648. The van der Waals surface area contributed by atoms with Crippen molar-refractivity contribution in [2.75, 3.05) is 25.0 Å². The maximum Gasteiger partial charge on any atom is 0.248 e. The summed E-state index contributed by atoms with van der Waals surface area (Å²) in [6.45, 7) is 14.0. The van der Waals surface area contributed by atoms with Crippen molar-refractivity contribution in [2.45, 2.75) is 73.0 Å². The van der Waals surface area contributed by atoms with E-state index in [0.29, 0.717) is 33.7 Å². The van der Waals surface area contributed by atoms with Crippen molar-refractivity contribution in [1.29, 1.82) is 0 Å². The van der Waals surface area contributed by atoms with Crippen molar-refractivity contribution < 1.29 is 14.4 Å². The van der Waals surface area contributed by atoms with Crippen LogP contribution in [0.1, 0.15) is 61.1 Å². The topological polar surface area (TPSA) is 126 Å². The monoisotopic (exact) mass is 686 g/mol. The number of likely N-dealkylation sites (tertiary alicyclic amines) is 1. The molecule has 3 aromatic heterocycles. The van der Waals surface area contributed by atoms with Crippen molar-refractivity contribution in [3.63, 3.8) is 0 Å². The predicted molar refractivity (Wildman–Crippen MR) is 179 cm³/mol. The number of carbonyl (C=O) groups excluding carboxylic acids is 3. The highest BCUT2D eigenvalue weighted by molar-refractivity contribution is 9.10. The molecule has 0 bridgehead atoms. The SMILES string of the molecule is CCN(CC)C[C@@]12C[C@@H](C(=O)Nc3nc(Br)ccc3C)N(C(=O)Cn3nc(C(C)=O)c4cc(-c5cnc(C)nc5)cc(C)c43)[C@@H]1C2. The molecular weight excluding hydrogens is 648 g/mol. The summed E-state index contributed by atoms with van der Waals surface area (Å²) in [5.74, 6) is 0.511. The molecule has 6 rings (SSSR count). The number of halogens is 1. The second-order valence-corrected chi connectivity index (χ2v) is 13.4. The van der Waals surface area contributed by atoms with Crippen LogP contribution in [-0.2, 0) is 16.1 Å². The quantitative estimate of drug-likeness (QED) is 0.180. The van der Waals surface area contributed by atoms with E-state index < -0.39 is 6.04 Å². The van der Waals surface area contributed by atoms with Crippen LogP contribution in [0.4, 0.5) is 5.82 Å². The lowest BCUT2D eigenvalue weighted by Gasteiger charge is -2.27. The number of amides is 2. The molecule has 1 aromatic carbocycles. The number of benzene rings is 1. The van der Waals surface area contributed by atoms with Crippen LogP contribution >= 0.6 is 15.9 Å². The Balaban J connectivity index is 1.34. The predicted octanol–water partition coefficient (Wildman–Crippen LogP) is 5.12. The molecule has 240 valence electrons. The van der Waals surface area contributed by atoms with Crippen molar-refractivity contribution in [2.24, 2.45) is 5.41 Å². The number of Topliss-reactive ketones (excluding diaryl/α,β-unsaturated/α-hetero) is 1. The van der Waals surface area contributed by atoms with Crippen LogP contribution in [0.3, 0.4) is 0 Å². The lowest BCUT2D eigenvalue weighted by Crippen LogP contribution is -2.47. The summed E-state index contributed by atoms with van der Waals surface area (Å²) in [4.78, 5) is 58.2. The largest absolute Gasteiger partial charge is 0.325 e. The van der Waals surface area contributed by atoms with E-state index in [4.69, 9.17) is 0 Å². The number of rotatable bonds is 10. The Hall–Kier alpha value is -4.03. The molecule has 11 nitrogen and oxygen atoms in total. The number of aromatic nitrogens is 5. The summed E-state index contributed by atoms with van der Waals surface area (Å²) in [5, 5.41) is 8.34. The number of aryl methyl sites for hydroxylation is 3. The maximum absolute atomic E-state index is 14.3. The van der Waals surface area contributed by atoms with Gasteiger partial charge in [-0.05, 0) is 97.5 Å². The number of piperidine rings is 1. The first-order valence-corrected chi connectivity index (χ1v) is 16.5. The van der Waals surface area contributed by atoms with Crippen LogP contribution in [0.2, 0.25) is 0 Å². The Kier molecular flexibility index (Phi) is 8.53. The van der Waals surface area contributed by atoms with Gasteiger partial charge in [-0.15, -0.1) is 0 Å². The van der Waals surface area contributed by atoms with Gasteiger partial charge in [-0.1, -0.05) is 19.9 Å². The third-order valence-corrected chi connectivity index (χ3v) is 9.96. The Bertz CT molecular complexity index is 1850. The first-order valence-electron chi connectivity index (χ1n) is 15.7. The number of nitrogens with one attached hydrogen (secondary N) is 1. The number of anilines is 1. The van der Waals surface area contributed by atoms with E-state index >= 15 is 0 Å². The standard InChI is InChI=1S/C34H39BrN8O3/c1-7-41(8-2)18-34-13-26(33(46)39-32-19(3)9-10-28(35)38-32)43(27(34)14-34)29(45)17-42-31-20(4)11-23(24-15-36-22(6)37-16-24)12-25(31)30(40-42)21(5)44/h9-12,15-16,26-27H,7-8,13-14,17-18H2,1-6H3,(H,38,39,46)/t26-,27+,34-/m0/s1. The van der Waals surface area contributed by atoms with Crippen molar-refractivity contribution in [3.05, 3.63) is 63.9 Å². The Labute approximate surface area is 276 Å². The number of carbonyl (C=O) groups is 3. The Morgan fingerprint density at radius 2 is 1.74 bits per heavy atom. The molecule has 3 atom stereocenters. The molecule has 4 aromatic rings. The van der Waals surface area contributed by atoms with Gasteiger partial charge in [0.2, 0.25) is 11.8 Å². The smallest absolute Gasteiger partial charge is 0.248 e. The number of ketones is 1.